The van der Waals surface area contributed by atoms with Gasteiger partial charge in [-0.2, -0.15) is 0 Å². The first-order valence-electron chi connectivity index (χ1n) is 5.52. The third-order valence-electron chi connectivity index (χ3n) is 2.52. The maximum absolute atomic E-state index is 13.3. The lowest BCUT2D eigenvalue weighted by molar-refractivity contribution is 0.585. The molecule has 18 heavy (non-hydrogen) atoms. The van der Waals surface area contributed by atoms with Gasteiger partial charge >= 0.3 is 0 Å². The van der Waals surface area contributed by atoms with Gasteiger partial charge in [0.1, 0.15) is 17.3 Å². The molecule has 1 aromatic carbocycles. The van der Waals surface area contributed by atoms with Crippen LogP contribution in [0, 0.1) is 11.6 Å². The Labute approximate surface area is 103 Å². The predicted molar refractivity (Wildman–Crippen MR) is 65.5 cm³/mol. The molecule has 1 heterocycles. The first-order chi connectivity index (χ1) is 8.68. The summed E-state index contributed by atoms with van der Waals surface area (Å²) < 4.78 is 28.0. The number of rotatable bonds is 4. The highest BCUT2D eigenvalue weighted by Gasteiger charge is 2.06. The minimum Gasteiger partial charge on any atom is -0.379 e. The second kappa shape index (κ2) is 5.44. The molecule has 1 aromatic heterocycles. The Hall–Kier alpha value is -2.17. The summed E-state index contributed by atoms with van der Waals surface area (Å²) in [6.07, 6.45) is 1.63. The zero-order valence-electron chi connectivity index (χ0n) is 9.57. The zero-order valence-corrected chi connectivity index (χ0v) is 9.57. The molecule has 94 valence electrons. The number of nitrogens with one attached hydrogen (secondary N) is 1. The van der Waals surface area contributed by atoms with Gasteiger partial charge in [0.2, 0.25) is 0 Å². The van der Waals surface area contributed by atoms with Crippen molar-refractivity contribution >= 4 is 5.69 Å². The number of aromatic nitrogens is 1. The van der Waals surface area contributed by atoms with Gasteiger partial charge in [-0.05, 0) is 18.2 Å². The lowest BCUT2D eigenvalue weighted by Crippen LogP contribution is -2.22. The fourth-order valence-electron chi connectivity index (χ4n) is 1.61. The fourth-order valence-corrected chi connectivity index (χ4v) is 1.61. The van der Waals surface area contributed by atoms with E-state index in [1.807, 2.05) is 0 Å². The van der Waals surface area contributed by atoms with Crippen LogP contribution in [0.5, 0.6) is 0 Å². The zero-order chi connectivity index (χ0) is 13.0. The average molecular weight is 250 g/mol. The third-order valence-corrected chi connectivity index (χ3v) is 2.52. The number of halogens is 2. The maximum atomic E-state index is 13.3. The van der Waals surface area contributed by atoms with Gasteiger partial charge in [0.15, 0.2) is 0 Å². The van der Waals surface area contributed by atoms with Crippen LogP contribution in [0.4, 0.5) is 14.5 Å². The smallest absolute Gasteiger partial charge is 0.250 e. The number of nitrogens with zero attached hydrogens (tertiary/aromatic N) is 1. The second-order valence-corrected chi connectivity index (χ2v) is 3.76. The minimum atomic E-state index is -0.643. The first kappa shape index (κ1) is 12.3. The standard InChI is InChI=1S/C13H12F2N2O/c14-10-4-3-5-11(15)13(10)16-7-9-17-8-2-1-6-12(17)18/h1-6,8,16H,7,9H2. The normalized spacial score (nSPS) is 10.3. The predicted octanol–water partition coefficient (Wildman–Crippen LogP) is 2.24. The third kappa shape index (κ3) is 2.74. The van der Waals surface area contributed by atoms with E-state index in [1.165, 1.54) is 28.8 Å². The highest BCUT2D eigenvalue weighted by atomic mass is 19.1. The van der Waals surface area contributed by atoms with Crippen LogP contribution < -0.4 is 10.9 Å². The maximum Gasteiger partial charge on any atom is 0.250 e. The summed E-state index contributed by atoms with van der Waals surface area (Å²) >= 11 is 0. The Morgan fingerprint density at radius 3 is 2.44 bits per heavy atom. The van der Waals surface area contributed by atoms with Gasteiger partial charge in [-0.15, -0.1) is 0 Å². The van der Waals surface area contributed by atoms with Crippen molar-refractivity contribution in [1.82, 2.24) is 4.57 Å². The molecule has 0 saturated carbocycles. The van der Waals surface area contributed by atoms with Crippen LogP contribution >= 0.6 is 0 Å². The fraction of sp³-hybridized carbons (Fsp3) is 0.154. The lowest BCUT2D eigenvalue weighted by atomic mass is 10.3. The van der Waals surface area contributed by atoms with E-state index in [4.69, 9.17) is 0 Å². The number of anilines is 1. The van der Waals surface area contributed by atoms with Gasteiger partial charge in [-0.3, -0.25) is 4.79 Å². The Morgan fingerprint density at radius 1 is 1.06 bits per heavy atom. The molecule has 0 saturated heterocycles. The van der Waals surface area contributed by atoms with Crippen LogP contribution in [0.2, 0.25) is 0 Å². The van der Waals surface area contributed by atoms with Crippen LogP contribution in [0.1, 0.15) is 0 Å². The van der Waals surface area contributed by atoms with Crippen molar-refractivity contribution in [3.63, 3.8) is 0 Å². The summed E-state index contributed by atoms with van der Waals surface area (Å²) in [5.41, 5.74) is -0.310. The topological polar surface area (TPSA) is 34.0 Å². The number of benzene rings is 1. The molecule has 0 aliphatic carbocycles. The highest BCUT2D eigenvalue weighted by Crippen LogP contribution is 2.17. The van der Waals surface area contributed by atoms with E-state index in [-0.39, 0.29) is 17.8 Å². The molecule has 0 atom stereocenters. The molecule has 0 aliphatic heterocycles. The van der Waals surface area contributed by atoms with Crippen LogP contribution in [0.15, 0.2) is 47.4 Å². The Morgan fingerprint density at radius 2 is 1.78 bits per heavy atom. The molecular formula is C13H12F2N2O. The van der Waals surface area contributed by atoms with E-state index in [9.17, 15) is 13.6 Å². The molecule has 2 rings (SSSR count). The van der Waals surface area contributed by atoms with E-state index in [0.717, 1.165) is 0 Å². The molecule has 0 amide bonds. The summed E-state index contributed by atoms with van der Waals surface area (Å²) in [4.78, 5) is 11.4. The molecule has 0 radical (unpaired) electrons. The Bertz CT molecular complexity index is 575. The van der Waals surface area contributed by atoms with Gasteiger partial charge in [0.05, 0.1) is 0 Å². The molecule has 0 spiro atoms. The number of hydrogen-bond donors (Lipinski definition) is 1. The summed E-state index contributed by atoms with van der Waals surface area (Å²) in [6.45, 7) is 0.606. The van der Waals surface area contributed by atoms with E-state index >= 15 is 0 Å². The SMILES string of the molecule is O=c1ccccn1CCNc1c(F)cccc1F. The Balaban J connectivity index is 2.01. The largest absolute Gasteiger partial charge is 0.379 e. The molecule has 5 heteroatoms. The summed E-state index contributed by atoms with van der Waals surface area (Å²) in [5, 5.41) is 2.65. The summed E-state index contributed by atoms with van der Waals surface area (Å²) in [7, 11) is 0. The average Bonchev–Trinajstić information content (AvgIpc) is 2.35. The lowest BCUT2D eigenvalue weighted by Gasteiger charge is -2.09. The van der Waals surface area contributed by atoms with Crippen molar-refractivity contribution in [1.29, 1.82) is 0 Å². The van der Waals surface area contributed by atoms with E-state index < -0.39 is 11.6 Å². The van der Waals surface area contributed by atoms with Gasteiger partial charge in [-0.1, -0.05) is 12.1 Å². The van der Waals surface area contributed by atoms with Crippen molar-refractivity contribution < 1.29 is 8.78 Å². The molecule has 0 unspecified atom stereocenters. The van der Waals surface area contributed by atoms with Crippen molar-refractivity contribution in [3.05, 3.63) is 64.6 Å². The number of para-hydroxylation sites is 1. The minimum absolute atomic E-state index is 0.145. The van der Waals surface area contributed by atoms with Crippen molar-refractivity contribution in [3.8, 4) is 0 Å². The van der Waals surface area contributed by atoms with Gasteiger partial charge in [0.25, 0.3) is 5.56 Å². The van der Waals surface area contributed by atoms with Crippen LogP contribution in [0.3, 0.4) is 0 Å². The molecule has 0 aliphatic rings. The molecule has 0 fully saturated rings. The summed E-state index contributed by atoms with van der Waals surface area (Å²) in [6, 6.07) is 8.47. The van der Waals surface area contributed by atoms with Gasteiger partial charge in [-0.25, -0.2) is 8.78 Å². The molecular weight excluding hydrogens is 238 g/mol. The molecule has 0 bridgehead atoms. The van der Waals surface area contributed by atoms with Crippen molar-refractivity contribution in [2.75, 3.05) is 11.9 Å². The van der Waals surface area contributed by atoms with E-state index in [2.05, 4.69) is 5.32 Å². The quantitative estimate of drug-likeness (QED) is 0.903. The van der Waals surface area contributed by atoms with Gasteiger partial charge in [0, 0.05) is 25.4 Å². The molecule has 1 N–H and O–H groups in total. The number of pyridine rings is 1. The van der Waals surface area contributed by atoms with E-state index in [1.54, 1.807) is 18.3 Å². The monoisotopic (exact) mass is 250 g/mol. The molecule has 2 aromatic rings. The van der Waals surface area contributed by atoms with Crippen LogP contribution in [-0.2, 0) is 6.54 Å². The van der Waals surface area contributed by atoms with Crippen LogP contribution in [-0.4, -0.2) is 11.1 Å². The molecule has 3 nitrogen and oxygen atoms in total. The van der Waals surface area contributed by atoms with E-state index in [0.29, 0.717) is 6.54 Å². The number of hydrogen-bond acceptors (Lipinski definition) is 2. The summed E-state index contributed by atoms with van der Waals surface area (Å²) in [5.74, 6) is -1.29. The van der Waals surface area contributed by atoms with Crippen molar-refractivity contribution in [2.45, 2.75) is 6.54 Å². The highest BCUT2D eigenvalue weighted by molar-refractivity contribution is 5.45. The first-order valence-corrected chi connectivity index (χ1v) is 5.52. The second-order valence-electron chi connectivity index (χ2n) is 3.76. The Kier molecular flexibility index (Phi) is 3.72. The van der Waals surface area contributed by atoms with Gasteiger partial charge < -0.3 is 9.88 Å². The van der Waals surface area contributed by atoms with Crippen molar-refractivity contribution in [2.24, 2.45) is 0 Å². The van der Waals surface area contributed by atoms with Crippen LogP contribution in [0.25, 0.3) is 0 Å².